The topological polar surface area (TPSA) is 18.5 Å². The van der Waals surface area contributed by atoms with Gasteiger partial charge in [-0.15, -0.1) is 0 Å². The fourth-order valence-corrected chi connectivity index (χ4v) is 2.95. The van der Waals surface area contributed by atoms with Crippen LogP contribution in [0.4, 0.5) is 0 Å². The molecule has 1 atom stereocenters. The number of aryl methyl sites for hydroxylation is 2. The summed E-state index contributed by atoms with van der Waals surface area (Å²) in [7, 11) is 3.33. The highest BCUT2D eigenvalue weighted by atomic mass is 79.9. The number of alkyl halides is 1. The molecule has 20 heavy (non-hydrogen) atoms. The molecule has 0 aliphatic heterocycles. The van der Waals surface area contributed by atoms with Crippen LogP contribution in [-0.2, 0) is 0 Å². The maximum Gasteiger partial charge on any atom is 0.122 e. The van der Waals surface area contributed by atoms with Gasteiger partial charge in [0.2, 0.25) is 0 Å². The van der Waals surface area contributed by atoms with Crippen LogP contribution in [0.5, 0.6) is 11.5 Å². The highest BCUT2D eigenvalue weighted by molar-refractivity contribution is 9.09. The molecule has 2 aromatic carbocycles. The van der Waals surface area contributed by atoms with Crippen LogP contribution in [0.25, 0.3) is 0 Å². The van der Waals surface area contributed by atoms with Gasteiger partial charge >= 0.3 is 0 Å². The molecule has 0 heterocycles. The predicted molar refractivity (Wildman–Crippen MR) is 86.2 cm³/mol. The zero-order valence-electron chi connectivity index (χ0n) is 12.2. The molecule has 0 saturated carbocycles. The zero-order valence-corrected chi connectivity index (χ0v) is 13.8. The van der Waals surface area contributed by atoms with E-state index in [0.29, 0.717) is 0 Å². The number of methoxy groups -OCH3 is 2. The Morgan fingerprint density at radius 1 is 0.900 bits per heavy atom. The molecule has 0 aromatic heterocycles. The summed E-state index contributed by atoms with van der Waals surface area (Å²) in [5, 5.41) is 0. The smallest absolute Gasteiger partial charge is 0.122 e. The normalized spacial score (nSPS) is 12.1. The van der Waals surface area contributed by atoms with Crippen LogP contribution in [0.15, 0.2) is 36.4 Å². The summed E-state index contributed by atoms with van der Waals surface area (Å²) in [5.41, 5.74) is 4.90. The molecule has 0 amide bonds. The fourth-order valence-electron chi connectivity index (χ4n) is 2.19. The van der Waals surface area contributed by atoms with Crippen LogP contribution < -0.4 is 9.47 Å². The molecule has 0 N–H and O–H groups in total. The van der Waals surface area contributed by atoms with Crippen LogP contribution >= 0.6 is 15.9 Å². The number of rotatable bonds is 4. The SMILES string of the molecule is COc1cc(OC)cc(C(Br)c2cc(C)ccc2C)c1. The van der Waals surface area contributed by atoms with Gasteiger partial charge in [-0.25, -0.2) is 0 Å². The van der Waals surface area contributed by atoms with E-state index in [1.165, 1.54) is 16.7 Å². The number of ether oxygens (including phenoxy) is 2. The maximum absolute atomic E-state index is 5.34. The highest BCUT2D eigenvalue weighted by Gasteiger charge is 2.15. The summed E-state index contributed by atoms with van der Waals surface area (Å²) >= 11 is 3.79. The summed E-state index contributed by atoms with van der Waals surface area (Å²) in [6.07, 6.45) is 0. The Kier molecular flexibility index (Phi) is 4.71. The van der Waals surface area contributed by atoms with E-state index in [4.69, 9.17) is 9.47 Å². The average Bonchev–Trinajstić information content (AvgIpc) is 2.48. The Bertz CT molecular complexity index is 586. The molecule has 0 spiro atoms. The average molecular weight is 335 g/mol. The van der Waals surface area contributed by atoms with Gasteiger partial charge in [0.1, 0.15) is 11.5 Å². The second-order valence-electron chi connectivity index (χ2n) is 4.87. The zero-order chi connectivity index (χ0) is 14.7. The first-order chi connectivity index (χ1) is 9.55. The van der Waals surface area contributed by atoms with Gasteiger partial charge in [-0.05, 0) is 42.7 Å². The van der Waals surface area contributed by atoms with Crippen LogP contribution in [0.1, 0.15) is 27.1 Å². The van der Waals surface area contributed by atoms with E-state index in [-0.39, 0.29) is 4.83 Å². The lowest BCUT2D eigenvalue weighted by molar-refractivity contribution is 0.393. The van der Waals surface area contributed by atoms with Crippen LogP contribution in [0.3, 0.4) is 0 Å². The number of hydrogen-bond acceptors (Lipinski definition) is 2. The number of benzene rings is 2. The monoisotopic (exact) mass is 334 g/mol. The fraction of sp³-hybridized carbons (Fsp3) is 0.294. The second-order valence-corrected chi connectivity index (χ2v) is 5.78. The molecule has 0 saturated heterocycles. The van der Waals surface area contributed by atoms with E-state index < -0.39 is 0 Å². The van der Waals surface area contributed by atoms with E-state index in [9.17, 15) is 0 Å². The molecule has 2 rings (SSSR count). The second kappa shape index (κ2) is 6.31. The molecular weight excluding hydrogens is 316 g/mol. The summed E-state index contributed by atoms with van der Waals surface area (Å²) in [6, 6.07) is 12.4. The Morgan fingerprint density at radius 2 is 1.50 bits per heavy atom. The van der Waals surface area contributed by atoms with E-state index in [2.05, 4.69) is 48.0 Å². The first-order valence-corrected chi connectivity index (χ1v) is 7.41. The third-order valence-corrected chi connectivity index (χ3v) is 4.40. The van der Waals surface area contributed by atoms with Crippen molar-refractivity contribution in [3.63, 3.8) is 0 Å². The molecule has 0 radical (unpaired) electrons. The maximum atomic E-state index is 5.34. The van der Waals surface area contributed by atoms with Crippen molar-refractivity contribution in [3.05, 3.63) is 58.7 Å². The van der Waals surface area contributed by atoms with E-state index in [1.807, 2.05) is 18.2 Å². The predicted octanol–water partition coefficient (Wildman–Crippen LogP) is 4.80. The Hall–Kier alpha value is -1.48. The van der Waals surface area contributed by atoms with Crippen LogP contribution in [0, 0.1) is 13.8 Å². The van der Waals surface area contributed by atoms with Gasteiger partial charge < -0.3 is 9.47 Å². The van der Waals surface area contributed by atoms with Gasteiger partial charge in [-0.1, -0.05) is 39.7 Å². The number of halogens is 1. The van der Waals surface area contributed by atoms with Crippen molar-refractivity contribution in [2.24, 2.45) is 0 Å². The Morgan fingerprint density at radius 3 is 2.05 bits per heavy atom. The van der Waals surface area contributed by atoms with Gasteiger partial charge in [-0.2, -0.15) is 0 Å². The molecule has 0 aliphatic rings. The van der Waals surface area contributed by atoms with Crippen molar-refractivity contribution < 1.29 is 9.47 Å². The van der Waals surface area contributed by atoms with Crippen molar-refractivity contribution in [2.75, 3.05) is 14.2 Å². The summed E-state index contributed by atoms with van der Waals surface area (Å²) in [6.45, 7) is 4.23. The Balaban J connectivity index is 2.46. The van der Waals surface area contributed by atoms with Crippen molar-refractivity contribution in [1.82, 2.24) is 0 Å². The van der Waals surface area contributed by atoms with Gasteiger partial charge in [0.15, 0.2) is 0 Å². The van der Waals surface area contributed by atoms with Crippen molar-refractivity contribution in [2.45, 2.75) is 18.7 Å². The lowest BCUT2D eigenvalue weighted by Gasteiger charge is -2.16. The quantitative estimate of drug-likeness (QED) is 0.747. The van der Waals surface area contributed by atoms with Crippen molar-refractivity contribution >= 4 is 15.9 Å². The summed E-state index contributed by atoms with van der Waals surface area (Å²) < 4.78 is 10.7. The third kappa shape index (κ3) is 3.15. The van der Waals surface area contributed by atoms with E-state index in [1.54, 1.807) is 14.2 Å². The minimum Gasteiger partial charge on any atom is -0.497 e. The van der Waals surface area contributed by atoms with E-state index >= 15 is 0 Å². The number of hydrogen-bond donors (Lipinski definition) is 0. The van der Waals surface area contributed by atoms with Crippen LogP contribution in [0.2, 0.25) is 0 Å². The summed E-state index contributed by atoms with van der Waals surface area (Å²) in [4.78, 5) is 0.117. The largest absolute Gasteiger partial charge is 0.497 e. The molecule has 3 heteroatoms. The molecular formula is C17H19BrO2. The molecule has 2 nitrogen and oxygen atoms in total. The first-order valence-electron chi connectivity index (χ1n) is 6.49. The molecule has 1 unspecified atom stereocenters. The van der Waals surface area contributed by atoms with Gasteiger partial charge in [0.05, 0.1) is 19.0 Å². The van der Waals surface area contributed by atoms with Crippen LogP contribution in [-0.4, -0.2) is 14.2 Å². The minimum absolute atomic E-state index is 0.117. The third-order valence-electron chi connectivity index (χ3n) is 3.37. The van der Waals surface area contributed by atoms with Gasteiger partial charge in [0, 0.05) is 6.07 Å². The molecule has 106 valence electrons. The lowest BCUT2D eigenvalue weighted by atomic mass is 9.98. The van der Waals surface area contributed by atoms with Gasteiger partial charge in [-0.3, -0.25) is 0 Å². The Labute approximate surface area is 128 Å². The van der Waals surface area contributed by atoms with Crippen molar-refractivity contribution in [3.8, 4) is 11.5 Å². The molecule has 0 bridgehead atoms. The standard InChI is InChI=1S/C17H19BrO2/c1-11-5-6-12(2)16(7-11)17(18)13-8-14(19-3)10-15(9-13)20-4/h5-10,17H,1-4H3. The van der Waals surface area contributed by atoms with E-state index in [0.717, 1.165) is 17.1 Å². The minimum atomic E-state index is 0.117. The molecule has 0 aliphatic carbocycles. The van der Waals surface area contributed by atoms with Crippen molar-refractivity contribution in [1.29, 1.82) is 0 Å². The first kappa shape index (κ1) is 14.9. The summed E-state index contributed by atoms with van der Waals surface area (Å²) in [5.74, 6) is 1.60. The van der Waals surface area contributed by atoms with Gasteiger partial charge in [0.25, 0.3) is 0 Å². The molecule has 0 fully saturated rings. The lowest BCUT2D eigenvalue weighted by Crippen LogP contribution is -1.98. The molecule has 2 aromatic rings. The highest BCUT2D eigenvalue weighted by Crippen LogP contribution is 2.37.